The van der Waals surface area contributed by atoms with Gasteiger partial charge in [0.2, 0.25) is 5.95 Å². The molecule has 2 heterocycles. The molecule has 0 atom stereocenters. The van der Waals surface area contributed by atoms with Crippen molar-refractivity contribution in [1.82, 2.24) is 20.5 Å². The maximum Gasteiger partial charge on any atom is 0.245 e. The highest BCUT2D eigenvalue weighted by Crippen LogP contribution is 2.20. The van der Waals surface area contributed by atoms with E-state index >= 15 is 0 Å². The summed E-state index contributed by atoms with van der Waals surface area (Å²) in [6.45, 7) is 5.32. The molecule has 2 aromatic rings. The Morgan fingerprint density at radius 2 is 2.05 bits per heavy atom. The van der Waals surface area contributed by atoms with Gasteiger partial charge in [-0.3, -0.25) is 0 Å². The average Bonchev–Trinajstić information content (AvgIpc) is 2.51. The van der Waals surface area contributed by atoms with E-state index in [0.717, 1.165) is 37.4 Å². The number of aromatic nitrogens is 3. The molecular formula is C14H16FN5. The molecule has 6 heteroatoms. The van der Waals surface area contributed by atoms with Crippen molar-refractivity contribution in [2.24, 2.45) is 0 Å². The molecule has 0 amide bonds. The number of halogens is 1. The standard InChI is InChI=1S/C14H16FN5/c1-10-8-11(2-3-12(10)15)13-9-17-19-14(18-13)20-6-4-16-5-7-20/h2-3,8-9,16H,4-7H2,1H3. The Morgan fingerprint density at radius 3 is 2.80 bits per heavy atom. The van der Waals surface area contributed by atoms with E-state index in [9.17, 15) is 4.39 Å². The van der Waals surface area contributed by atoms with Gasteiger partial charge in [0.25, 0.3) is 0 Å². The first-order chi connectivity index (χ1) is 9.74. The molecule has 0 unspecified atom stereocenters. The second kappa shape index (κ2) is 5.50. The molecule has 0 aliphatic carbocycles. The Balaban J connectivity index is 1.91. The third-order valence-corrected chi connectivity index (χ3v) is 3.40. The van der Waals surface area contributed by atoms with Gasteiger partial charge in [-0.1, -0.05) is 0 Å². The summed E-state index contributed by atoms with van der Waals surface area (Å²) < 4.78 is 13.3. The fraction of sp³-hybridized carbons (Fsp3) is 0.357. The van der Waals surface area contributed by atoms with E-state index in [-0.39, 0.29) is 5.82 Å². The molecule has 1 aromatic carbocycles. The molecule has 0 spiro atoms. The van der Waals surface area contributed by atoms with Crippen LogP contribution < -0.4 is 10.2 Å². The minimum absolute atomic E-state index is 0.210. The summed E-state index contributed by atoms with van der Waals surface area (Å²) in [4.78, 5) is 6.64. The molecule has 5 nitrogen and oxygen atoms in total. The predicted molar refractivity (Wildman–Crippen MR) is 75.0 cm³/mol. The molecule has 3 rings (SSSR count). The van der Waals surface area contributed by atoms with Gasteiger partial charge in [0.05, 0.1) is 11.9 Å². The summed E-state index contributed by atoms with van der Waals surface area (Å²) in [5, 5.41) is 11.4. The molecule has 20 heavy (non-hydrogen) atoms. The van der Waals surface area contributed by atoms with E-state index in [4.69, 9.17) is 0 Å². The molecule has 1 aliphatic rings. The molecule has 0 bridgehead atoms. The monoisotopic (exact) mass is 273 g/mol. The van der Waals surface area contributed by atoms with E-state index in [2.05, 4.69) is 25.4 Å². The summed E-state index contributed by atoms with van der Waals surface area (Å²) in [5.74, 6) is 0.420. The van der Waals surface area contributed by atoms with Gasteiger partial charge in [-0.05, 0) is 30.7 Å². The zero-order chi connectivity index (χ0) is 13.9. The van der Waals surface area contributed by atoms with E-state index in [0.29, 0.717) is 11.5 Å². The average molecular weight is 273 g/mol. The second-order valence-electron chi connectivity index (χ2n) is 4.84. The third-order valence-electron chi connectivity index (χ3n) is 3.40. The van der Waals surface area contributed by atoms with Crippen LogP contribution in [-0.4, -0.2) is 41.4 Å². The second-order valence-corrected chi connectivity index (χ2v) is 4.84. The number of piperazine rings is 1. The molecule has 0 saturated carbocycles. The van der Waals surface area contributed by atoms with E-state index in [1.807, 2.05) is 0 Å². The lowest BCUT2D eigenvalue weighted by molar-refractivity contribution is 0.577. The van der Waals surface area contributed by atoms with Gasteiger partial charge in [0.1, 0.15) is 5.82 Å². The number of nitrogens with zero attached hydrogens (tertiary/aromatic N) is 4. The van der Waals surface area contributed by atoms with Crippen molar-refractivity contribution in [3.63, 3.8) is 0 Å². The first kappa shape index (κ1) is 12.9. The van der Waals surface area contributed by atoms with Crippen LogP contribution in [0.1, 0.15) is 5.56 Å². The number of aryl methyl sites for hydroxylation is 1. The van der Waals surface area contributed by atoms with Gasteiger partial charge >= 0.3 is 0 Å². The maximum absolute atomic E-state index is 13.3. The van der Waals surface area contributed by atoms with Crippen LogP contribution in [0, 0.1) is 12.7 Å². The van der Waals surface area contributed by atoms with Crippen LogP contribution >= 0.6 is 0 Å². The van der Waals surface area contributed by atoms with Gasteiger partial charge in [-0.2, -0.15) is 5.10 Å². The van der Waals surface area contributed by atoms with Crippen molar-refractivity contribution in [3.8, 4) is 11.3 Å². The van der Waals surface area contributed by atoms with Crippen LogP contribution in [0.2, 0.25) is 0 Å². The highest BCUT2D eigenvalue weighted by Gasteiger charge is 2.14. The van der Waals surface area contributed by atoms with Crippen molar-refractivity contribution in [3.05, 3.63) is 35.8 Å². The van der Waals surface area contributed by atoms with Crippen LogP contribution in [0.3, 0.4) is 0 Å². The Hall–Kier alpha value is -2.08. The van der Waals surface area contributed by atoms with Crippen molar-refractivity contribution < 1.29 is 4.39 Å². The Labute approximate surface area is 116 Å². The van der Waals surface area contributed by atoms with Crippen LogP contribution in [0.15, 0.2) is 24.4 Å². The van der Waals surface area contributed by atoms with E-state index < -0.39 is 0 Å². The first-order valence-corrected chi connectivity index (χ1v) is 6.66. The minimum atomic E-state index is -0.210. The molecule has 1 N–H and O–H groups in total. The number of anilines is 1. The van der Waals surface area contributed by atoms with Gasteiger partial charge in [0, 0.05) is 31.7 Å². The lowest BCUT2D eigenvalue weighted by atomic mass is 10.1. The molecule has 1 aromatic heterocycles. The van der Waals surface area contributed by atoms with Crippen LogP contribution in [0.5, 0.6) is 0 Å². The largest absolute Gasteiger partial charge is 0.337 e. The molecular weight excluding hydrogens is 257 g/mol. The Kier molecular flexibility index (Phi) is 3.56. The fourth-order valence-corrected chi connectivity index (χ4v) is 2.24. The van der Waals surface area contributed by atoms with Crippen molar-refractivity contribution in [1.29, 1.82) is 0 Å². The topological polar surface area (TPSA) is 53.9 Å². The number of hydrogen-bond donors (Lipinski definition) is 1. The molecule has 0 radical (unpaired) electrons. The highest BCUT2D eigenvalue weighted by atomic mass is 19.1. The smallest absolute Gasteiger partial charge is 0.245 e. The first-order valence-electron chi connectivity index (χ1n) is 6.66. The fourth-order valence-electron chi connectivity index (χ4n) is 2.24. The van der Waals surface area contributed by atoms with Crippen molar-refractivity contribution in [2.45, 2.75) is 6.92 Å². The summed E-state index contributed by atoms with van der Waals surface area (Å²) in [5.41, 5.74) is 2.18. The summed E-state index contributed by atoms with van der Waals surface area (Å²) >= 11 is 0. The SMILES string of the molecule is Cc1cc(-c2cnnc(N3CCNCC3)n2)ccc1F. The summed E-state index contributed by atoms with van der Waals surface area (Å²) in [6, 6.07) is 4.95. The zero-order valence-electron chi connectivity index (χ0n) is 11.3. The molecule has 104 valence electrons. The maximum atomic E-state index is 13.3. The predicted octanol–water partition coefficient (Wildman–Crippen LogP) is 1.40. The zero-order valence-corrected chi connectivity index (χ0v) is 11.3. The number of benzene rings is 1. The van der Waals surface area contributed by atoms with Gasteiger partial charge in [0.15, 0.2) is 0 Å². The Bertz CT molecular complexity index is 610. The highest BCUT2D eigenvalue weighted by molar-refractivity contribution is 5.60. The van der Waals surface area contributed by atoms with Crippen LogP contribution in [-0.2, 0) is 0 Å². The molecule has 1 saturated heterocycles. The van der Waals surface area contributed by atoms with E-state index in [1.54, 1.807) is 25.3 Å². The van der Waals surface area contributed by atoms with Gasteiger partial charge in [-0.25, -0.2) is 9.37 Å². The lowest BCUT2D eigenvalue weighted by Gasteiger charge is -2.26. The van der Waals surface area contributed by atoms with Crippen molar-refractivity contribution >= 4 is 5.95 Å². The third kappa shape index (κ3) is 2.60. The van der Waals surface area contributed by atoms with Gasteiger partial charge < -0.3 is 10.2 Å². The van der Waals surface area contributed by atoms with E-state index in [1.165, 1.54) is 6.07 Å². The quantitative estimate of drug-likeness (QED) is 0.896. The molecule has 1 aliphatic heterocycles. The summed E-state index contributed by atoms with van der Waals surface area (Å²) in [7, 11) is 0. The van der Waals surface area contributed by atoms with Crippen molar-refractivity contribution in [2.75, 3.05) is 31.1 Å². The summed E-state index contributed by atoms with van der Waals surface area (Å²) in [6.07, 6.45) is 1.61. The van der Waals surface area contributed by atoms with Gasteiger partial charge in [-0.15, -0.1) is 5.10 Å². The normalized spacial score (nSPS) is 15.4. The Morgan fingerprint density at radius 1 is 1.25 bits per heavy atom. The lowest BCUT2D eigenvalue weighted by Crippen LogP contribution is -2.44. The van der Waals surface area contributed by atoms with Crippen LogP contribution in [0.25, 0.3) is 11.3 Å². The number of rotatable bonds is 2. The minimum Gasteiger partial charge on any atom is -0.337 e. The number of hydrogen-bond acceptors (Lipinski definition) is 5. The van der Waals surface area contributed by atoms with Crippen LogP contribution in [0.4, 0.5) is 10.3 Å². The molecule has 1 fully saturated rings. The number of nitrogens with one attached hydrogen (secondary N) is 1.